The van der Waals surface area contributed by atoms with Crippen LogP contribution in [0.4, 0.5) is 0 Å². The molecule has 0 aromatic carbocycles. The number of ether oxygens (including phenoxy) is 1. The number of carbonyl (C=O) groups excluding carboxylic acids is 1. The summed E-state index contributed by atoms with van der Waals surface area (Å²) in [5.74, 6) is 0.828. The first-order valence-corrected chi connectivity index (χ1v) is 8.11. The molecule has 3 heterocycles. The molecule has 0 saturated carbocycles. The summed E-state index contributed by atoms with van der Waals surface area (Å²) in [4.78, 5) is 20.6. The molecule has 0 spiro atoms. The Balaban J connectivity index is 1.74. The summed E-state index contributed by atoms with van der Waals surface area (Å²) in [5, 5.41) is 4.34. The van der Waals surface area contributed by atoms with Crippen LogP contribution in [0.2, 0.25) is 0 Å². The van der Waals surface area contributed by atoms with Crippen molar-refractivity contribution in [2.24, 2.45) is 0 Å². The fraction of sp³-hybridized carbons (Fsp3) is 0.471. The average molecular weight is 329 g/mol. The fourth-order valence-corrected chi connectivity index (χ4v) is 2.88. The maximum atomic E-state index is 12.7. The second-order valence-corrected chi connectivity index (χ2v) is 6.25. The third-order valence-electron chi connectivity index (χ3n) is 4.10. The zero-order chi connectivity index (χ0) is 16.9. The van der Waals surface area contributed by atoms with Gasteiger partial charge in [0.05, 0.1) is 31.0 Å². The molecule has 2 aromatic heterocycles. The Kier molecular flexibility index (Phi) is 5.10. The molecule has 7 nitrogen and oxygen atoms in total. The molecular formula is C17H23N5O2. The van der Waals surface area contributed by atoms with Crippen LogP contribution in [-0.2, 0) is 17.9 Å². The van der Waals surface area contributed by atoms with Crippen molar-refractivity contribution in [3.05, 3.63) is 42.5 Å². The van der Waals surface area contributed by atoms with Crippen molar-refractivity contribution >= 4 is 5.91 Å². The highest BCUT2D eigenvalue weighted by atomic mass is 16.5. The second-order valence-electron chi connectivity index (χ2n) is 6.25. The molecule has 7 heteroatoms. The van der Waals surface area contributed by atoms with Gasteiger partial charge in [0.1, 0.15) is 12.4 Å². The van der Waals surface area contributed by atoms with Crippen LogP contribution >= 0.6 is 0 Å². The second kappa shape index (κ2) is 7.44. The molecule has 0 N–H and O–H groups in total. The zero-order valence-corrected chi connectivity index (χ0v) is 14.1. The van der Waals surface area contributed by atoms with Crippen molar-refractivity contribution < 1.29 is 9.53 Å². The topological polar surface area (TPSA) is 63.5 Å². The minimum atomic E-state index is 0.0133. The number of carbonyl (C=O) groups is 1. The van der Waals surface area contributed by atoms with Gasteiger partial charge in [-0.3, -0.25) is 14.5 Å². The maximum Gasteiger partial charge on any atom is 0.237 e. The molecule has 1 aliphatic rings. The van der Waals surface area contributed by atoms with Crippen LogP contribution in [-0.4, -0.2) is 63.8 Å². The highest BCUT2D eigenvalue weighted by Gasteiger charge is 2.28. The molecule has 0 saturated heterocycles. The number of amides is 1. The van der Waals surface area contributed by atoms with Gasteiger partial charge in [0.15, 0.2) is 0 Å². The lowest BCUT2D eigenvalue weighted by Gasteiger charge is -2.30. The lowest BCUT2D eigenvalue weighted by Crippen LogP contribution is -2.46. The summed E-state index contributed by atoms with van der Waals surface area (Å²) in [6.07, 6.45) is 6.00. The summed E-state index contributed by atoms with van der Waals surface area (Å²) < 4.78 is 7.83. The number of hydrogen-bond donors (Lipinski definition) is 0. The Morgan fingerprint density at radius 1 is 1.38 bits per heavy atom. The van der Waals surface area contributed by atoms with Gasteiger partial charge in [-0.1, -0.05) is 0 Å². The Morgan fingerprint density at radius 2 is 2.25 bits per heavy atom. The van der Waals surface area contributed by atoms with Crippen molar-refractivity contribution in [2.75, 3.05) is 27.2 Å². The van der Waals surface area contributed by atoms with Gasteiger partial charge >= 0.3 is 0 Å². The number of aromatic nitrogens is 3. The Labute approximate surface area is 141 Å². The first-order valence-electron chi connectivity index (χ1n) is 8.11. The van der Waals surface area contributed by atoms with Gasteiger partial charge in [0.25, 0.3) is 0 Å². The molecule has 1 amide bonds. The van der Waals surface area contributed by atoms with Gasteiger partial charge in [-0.25, -0.2) is 0 Å². The number of pyridine rings is 1. The number of nitrogens with zero attached hydrogens (tertiary/aromatic N) is 5. The first-order chi connectivity index (χ1) is 11.6. The van der Waals surface area contributed by atoms with Crippen LogP contribution in [0.25, 0.3) is 0 Å². The SMILES string of the molecule is CN(C)CC(=O)N1Cc2ccnn2CC[C@H]1COc1cccnc1. The molecule has 1 atom stereocenters. The van der Waals surface area contributed by atoms with Gasteiger partial charge in [0, 0.05) is 18.9 Å². The van der Waals surface area contributed by atoms with E-state index >= 15 is 0 Å². The van der Waals surface area contributed by atoms with E-state index in [0.717, 1.165) is 24.4 Å². The van der Waals surface area contributed by atoms with E-state index in [-0.39, 0.29) is 11.9 Å². The molecule has 2 aromatic rings. The minimum absolute atomic E-state index is 0.0133. The molecule has 128 valence electrons. The predicted octanol–water partition coefficient (Wildman–Crippen LogP) is 1.02. The van der Waals surface area contributed by atoms with Gasteiger partial charge in [0.2, 0.25) is 5.91 Å². The van der Waals surface area contributed by atoms with Gasteiger partial charge in [-0.2, -0.15) is 5.10 Å². The number of fused-ring (bicyclic) bond motifs is 1. The minimum Gasteiger partial charge on any atom is -0.490 e. The third kappa shape index (κ3) is 3.91. The summed E-state index contributed by atoms with van der Waals surface area (Å²) in [6, 6.07) is 5.70. The van der Waals surface area contributed by atoms with Gasteiger partial charge in [-0.15, -0.1) is 0 Å². The Hall–Kier alpha value is -2.41. The van der Waals surface area contributed by atoms with Crippen molar-refractivity contribution in [1.29, 1.82) is 0 Å². The van der Waals surface area contributed by atoms with Crippen molar-refractivity contribution in [2.45, 2.75) is 25.6 Å². The van der Waals surface area contributed by atoms with Crippen molar-refractivity contribution in [1.82, 2.24) is 24.6 Å². The summed E-state index contributed by atoms with van der Waals surface area (Å²) in [5.41, 5.74) is 1.06. The van der Waals surface area contributed by atoms with Gasteiger partial charge < -0.3 is 14.5 Å². The smallest absolute Gasteiger partial charge is 0.237 e. The standard InChI is InChI=1S/C17H23N5O2/c1-20(2)12-17(23)21-11-14-5-8-19-22(14)9-6-15(21)13-24-16-4-3-7-18-10-16/h3-5,7-8,10,15H,6,9,11-13H2,1-2H3/t15-/m0/s1. The van der Waals surface area contributed by atoms with Crippen LogP contribution in [0.15, 0.2) is 36.8 Å². The molecule has 0 radical (unpaired) electrons. The number of likely N-dealkylation sites (N-methyl/N-ethyl adjacent to an activating group) is 1. The highest BCUT2D eigenvalue weighted by Crippen LogP contribution is 2.19. The van der Waals surface area contributed by atoms with Crippen molar-refractivity contribution in [3.8, 4) is 5.75 Å². The largest absolute Gasteiger partial charge is 0.490 e. The lowest BCUT2D eigenvalue weighted by atomic mass is 10.2. The van der Waals surface area contributed by atoms with Crippen LogP contribution < -0.4 is 4.74 Å². The fourth-order valence-electron chi connectivity index (χ4n) is 2.88. The molecule has 3 rings (SSSR count). The van der Waals surface area contributed by atoms with E-state index in [9.17, 15) is 4.79 Å². The molecule has 0 fully saturated rings. The molecule has 1 aliphatic heterocycles. The maximum absolute atomic E-state index is 12.7. The molecule has 0 bridgehead atoms. The van der Waals surface area contributed by atoms with E-state index < -0.39 is 0 Å². The van der Waals surface area contributed by atoms with Crippen molar-refractivity contribution in [3.63, 3.8) is 0 Å². The van der Waals surface area contributed by atoms with E-state index in [1.54, 1.807) is 18.6 Å². The van der Waals surface area contributed by atoms with E-state index in [0.29, 0.717) is 19.7 Å². The van der Waals surface area contributed by atoms with Crippen LogP contribution in [0.1, 0.15) is 12.1 Å². The summed E-state index contributed by atoms with van der Waals surface area (Å²) in [7, 11) is 3.81. The summed E-state index contributed by atoms with van der Waals surface area (Å²) >= 11 is 0. The zero-order valence-electron chi connectivity index (χ0n) is 14.1. The van der Waals surface area contributed by atoms with Gasteiger partial charge in [-0.05, 0) is 38.7 Å². The molecule has 24 heavy (non-hydrogen) atoms. The van der Waals surface area contributed by atoms with E-state index in [1.165, 1.54) is 0 Å². The van der Waals surface area contributed by atoms with Crippen LogP contribution in [0.3, 0.4) is 0 Å². The molecule has 0 aliphatic carbocycles. The monoisotopic (exact) mass is 329 g/mol. The Morgan fingerprint density at radius 3 is 3.00 bits per heavy atom. The summed E-state index contributed by atoms with van der Waals surface area (Å²) in [6.45, 7) is 2.19. The first kappa shape index (κ1) is 16.4. The molecular weight excluding hydrogens is 306 g/mol. The van der Waals surface area contributed by atoms with Crippen LogP contribution in [0.5, 0.6) is 5.75 Å². The predicted molar refractivity (Wildman–Crippen MR) is 89.5 cm³/mol. The number of hydrogen-bond acceptors (Lipinski definition) is 5. The quantitative estimate of drug-likeness (QED) is 0.819. The lowest BCUT2D eigenvalue weighted by molar-refractivity contribution is -0.135. The van der Waals surface area contributed by atoms with E-state index in [1.807, 2.05) is 46.8 Å². The third-order valence-corrected chi connectivity index (χ3v) is 4.10. The number of aryl methyl sites for hydroxylation is 1. The molecule has 0 unspecified atom stereocenters. The average Bonchev–Trinajstić information content (AvgIpc) is 2.93. The normalized spacial score (nSPS) is 17.5. The van der Waals surface area contributed by atoms with E-state index in [4.69, 9.17) is 4.74 Å². The highest BCUT2D eigenvalue weighted by molar-refractivity contribution is 5.78. The number of rotatable bonds is 5. The van der Waals surface area contributed by atoms with Crippen LogP contribution in [0, 0.1) is 0 Å². The Bertz CT molecular complexity index is 671. The van der Waals surface area contributed by atoms with E-state index in [2.05, 4.69) is 10.1 Å².